The maximum atomic E-state index is 12.8. The molecule has 0 saturated carbocycles. The molecule has 0 radical (unpaired) electrons. The Morgan fingerprint density at radius 2 is 1.42 bits per heavy atom. The average molecular weight is 489 g/mol. The first-order valence-electron chi connectivity index (χ1n) is 12.3. The van der Waals surface area contributed by atoms with Crippen molar-refractivity contribution in [1.29, 1.82) is 0 Å². The van der Waals surface area contributed by atoms with Crippen LogP contribution in [-0.4, -0.2) is 41.9 Å². The fraction of sp³-hybridized carbons (Fsp3) is 0.519. The summed E-state index contributed by atoms with van der Waals surface area (Å²) in [6.07, 6.45) is 7.34. The van der Waals surface area contributed by atoms with Gasteiger partial charge in [-0.05, 0) is 74.1 Å². The summed E-state index contributed by atoms with van der Waals surface area (Å²) in [5, 5.41) is 4.32. The van der Waals surface area contributed by atoms with Gasteiger partial charge in [0.2, 0.25) is 5.91 Å². The van der Waals surface area contributed by atoms with Crippen LogP contribution in [0, 0.1) is 5.92 Å². The van der Waals surface area contributed by atoms with Crippen molar-refractivity contribution in [3.63, 3.8) is 0 Å². The molecule has 1 N–H and O–H groups in total. The Bertz CT molecular complexity index is 910. The van der Waals surface area contributed by atoms with E-state index in [4.69, 9.17) is 23.2 Å². The number of nitrogens with one attached hydrogen (secondary N) is 1. The lowest BCUT2D eigenvalue weighted by atomic mass is 9.96. The highest BCUT2D eigenvalue weighted by atomic mass is 35.5. The van der Waals surface area contributed by atoms with E-state index in [1.165, 1.54) is 44.3 Å². The van der Waals surface area contributed by atoms with Gasteiger partial charge in [-0.15, -0.1) is 0 Å². The minimum atomic E-state index is 0.0313. The number of halogens is 2. The molecule has 0 aliphatic carbocycles. The molecule has 2 heterocycles. The Morgan fingerprint density at radius 3 is 2.15 bits per heavy atom. The van der Waals surface area contributed by atoms with Crippen LogP contribution in [0.3, 0.4) is 0 Å². The Hall–Kier alpha value is -1.59. The van der Waals surface area contributed by atoms with Crippen molar-refractivity contribution in [2.24, 2.45) is 5.92 Å². The molecular formula is C27H35Cl2N3O. The molecule has 4 rings (SSSR count). The lowest BCUT2D eigenvalue weighted by Gasteiger charge is -2.32. The fourth-order valence-corrected chi connectivity index (χ4v) is 5.28. The molecule has 1 atom stereocenters. The van der Waals surface area contributed by atoms with Crippen molar-refractivity contribution >= 4 is 29.1 Å². The number of nitrogens with zero attached hydrogens (tertiary/aromatic N) is 2. The number of carbonyl (C=O) groups is 1. The third-order valence-corrected chi connectivity index (χ3v) is 7.60. The maximum absolute atomic E-state index is 12.8. The molecule has 178 valence electrons. The third-order valence-electron chi connectivity index (χ3n) is 6.86. The second-order valence-electron chi connectivity index (χ2n) is 9.55. The molecular weight excluding hydrogens is 453 g/mol. The van der Waals surface area contributed by atoms with Gasteiger partial charge in [0.15, 0.2) is 0 Å². The van der Waals surface area contributed by atoms with E-state index >= 15 is 0 Å². The molecule has 2 saturated heterocycles. The van der Waals surface area contributed by atoms with Crippen molar-refractivity contribution in [2.45, 2.75) is 58.2 Å². The molecule has 2 aliphatic rings. The third kappa shape index (κ3) is 7.45. The number of rotatable bonds is 7. The Balaban J connectivity index is 1.23. The summed E-state index contributed by atoms with van der Waals surface area (Å²) in [6.45, 7) is 6.61. The number of hydrogen-bond acceptors (Lipinski definition) is 3. The summed E-state index contributed by atoms with van der Waals surface area (Å²) < 4.78 is 0. The van der Waals surface area contributed by atoms with Crippen LogP contribution in [-0.2, 0) is 24.4 Å². The Kier molecular flexibility index (Phi) is 9.08. The summed E-state index contributed by atoms with van der Waals surface area (Å²) >= 11 is 12.2. The van der Waals surface area contributed by atoms with E-state index in [9.17, 15) is 4.79 Å². The number of amides is 1. The first kappa shape index (κ1) is 24.5. The molecule has 0 spiro atoms. The first-order valence-corrected chi connectivity index (χ1v) is 13.1. The zero-order valence-corrected chi connectivity index (χ0v) is 20.9. The molecule has 2 fully saturated rings. The zero-order chi connectivity index (χ0) is 23.0. The van der Waals surface area contributed by atoms with Gasteiger partial charge in [0.1, 0.15) is 0 Å². The van der Waals surface area contributed by atoms with Crippen LogP contribution in [0.15, 0.2) is 42.5 Å². The molecule has 0 aromatic heterocycles. The van der Waals surface area contributed by atoms with E-state index < -0.39 is 0 Å². The molecule has 6 heteroatoms. The van der Waals surface area contributed by atoms with Crippen LogP contribution in [0.4, 0.5) is 0 Å². The SMILES string of the molecule is O=C(NCc1ccc(CN2CCCCCC2)cc1)C1CCCN(Cc2ccc(Cl)c(Cl)c2)C1. The second-order valence-corrected chi connectivity index (χ2v) is 10.4. The van der Waals surface area contributed by atoms with Crippen molar-refractivity contribution in [3.8, 4) is 0 Å². The monoisotopic (exact) mass is 487 g/mol. The summed E-state index contributed by atoms with van der Waals surface area (Å²) in [6, 6.07) is 14.5. The molecule has 0 bridgehead atoms. The van der Waals surface area contributed by atoms with Gasteiger partial charge in [0.25, 0.3) is 0 Å². The van der Waals surface area contributed by atoms with Crippen molar-refractivity contribution in [1.82, 2.24) is 15.1 Å². The van der Waals surface area contributed by atoms with Gasteiger partial charge in [-0.1, -0.05) is 66.4 Å². The summed E-state index contributed by atoms with van der Waals surface area (Å²) in [7, 11) is 0. The number of carbonyl (C=O) groups excluding carboxylic acids is 1. The highest BCUT2D eigenvalue weighted by molar-refractivity contribution is 6.42. The predicted octanol–water partition coefficient (Wildman–Crippen LogP) is 5.90. The number of piperidine rings is 1. The largest absolute Gasteiger partial charge is 0.352 e. The number of likely N-dealkylation sites (tertiary alicyclic amines) is 2. The van der Waals surface area contributed by atoms with E-state index in [0.717, 1.165) is 50.1 Å². The minimum Gasteiger partial charge on any atom is -0.352 e. The van der Waals surface area contributed by atoms with Gasteiger partial charge >= 0.3 is 0 Å². The van der Waals surface area contributed by atoms with Crippen LogP contribution < -0.4 is 5.32 Å². The molecule has 4 nitrogen and oxygen atoms in total. The smallest absolute Gasteiger partial charge is 0.224 e. The highest BCUT2D eigenvalue weighted by Crippen LogP contribution is 2.25. The molecule has 2 aromatic rings. The quantitative estimate of drug-likeness (QED) is 0.527. The van der Waals surface area contributed by atoms with Gasteiger partial charge in [0, 0.05) is 26.2 Å². The van der Waals surface area contributed by atoms with E-state index in [-0.39, 0.29) is 11.8 Å². The number of benzene rings is 2. The number of hydrogen-bond donors (Lipinski definition) is 1. The average Bonchev–Trinajstić information content (AvgIpc) is 3.10. The molecule has 2 aliphatic heterocycles. The van der Waals surface area contributed by atoms with Crippen molar-refractivity contribution in [3.05, 3.63) is 69.2 Å². The van der Waals surface area contributed by atoms with Gasteiger partial charge in [0.05, 0.1) is 16.0 Å². The van der Waals surface area contributed by atoms with Crippen molar-refractivity contribution in [2.75, 3.05) is 26.2 Å². The van der Waals surface area contributed by atoms with E-state index in [1.54, 1.807) is 0 Å². The standard InChI is InChI=1S/C27H35Cl2N3O/c28-25-12-11-23(16-26(25)29)19-32-15-5-6-24(20-32)27(33)30-17-21-7-9-22(10-8-21)18-31-13-3-1-2-4-14-31/h7-12,16,24H,1-6,13-15,17-20H2,(H,30,33). The van der Waals surface area contributed by atoms with Crippen LogP contribution in [0.1, 0.15) is 55.2 Å². The van der Waals surface area contributed by atoms with Gasteiger partial charge in [-0.3, -0.25) is 14.6 Å². The van der Waals surface area contributed by atoms with Crippen LogP contribution in [0.5, 0.6) is 0 Å². The Morgan fingerprint density at radius 1 is 0.788 bits per heavy atom. The van der Waals surface area contributed by atoms with Gasteiger partial charge < -0.3 is 5.32 Å². The van der Waals surface area contributed by atoms with Crippen LogP contribution in [0.25, 0.3) is 0 Å². The minimum absolute atomic E-state index is 0.0313. The fourth-order valence-electron chi connectivity index (χ4n) is 4.96. The zero-order valence-electron chi connectivity index (χ0n) is 19.4. The lowest BCUT2D eigenvalue weighted by molar-refractivity contribution is -0.126. The van der Waals surface area contributed by atoms with E-state index in [1.807, 2.05) is 18.2 Å². The summed E-state index contributed by atoms with van der Waals surface area (Å²) in [5.74, 6) is 0.186. The lowest BCUT2D eigenvalue weighted by Crippen LogP contribution is -2.42. The first-order chi connectivity index (χ1) is 16.1. The van der Waals surface area contributed by atoms with Gasteiger partial charge in [-0.25, -0.2) is 0 Å². The van der Waals surface area contributed by atoms with Crippen LogP contribution >= 0.6 is 23.2 Å². The summed E-state index contributed by atoms with van der Waals surface area (Å²) in [4.78, 5) is 17.8. The van der Waals surface area contributed by atoms with Crippen LogP contribution in [0.2, 0.25) is 10.0 Å². The summed E-state index contributed by atoms with van der Waals surface area (Å²) in [5.41, 5.74) is 3.65. The van der Waals surface area contributed by atoms with E-state index in [0.29, 0.717) is 16.6 Å². The van der Waals surface area contributed by atoms with Gasteiger partial charge in [-0.2, -0.15) is 0 Å². The normalized spacial score (nSPS) is 20.4. The highest BCUT2D eigenvalue weighted by Gasteiger charge is 2.25. The molecule has 33 heavy (non-hydrogen) atoms. The molecule has 1 unspecified atom stereocenters. The van der Waals surface area contributed by atoms with Crippen molar-refractivity contribution < 1.29 is 4.79 Å². The Labute approximate surface area is 208 Å². The predicted molar refractivity (Wildman–Crippen MR) is 136 cm³/mol. The molecule has 2 aromatic carbocycles. The topological polar surface area (TPSA) is 35.6 Å². The molecule has 1 amide bonds. The maximum Gasteiger partial charge on any atom is 0.224 e. The second kappa shape index (κ2) is 12.2. The van der Waals surface area contributed by atoms with E-state index in [2.05, 4.69) is 39.4 Å².